The molecule has 0 fully saturated rings. The van der Waals surface area contributed by atoms with Gasteiger partial charge in [0, 0.05) is 18.4 Å². The van der Waals surface area contributed by atoms with Crippen LogP contribution in [0.1, 0.15) is 38.3 Å². The molecule has 7 nitrogen and oxygen atoms in total. The molecule has 1 heterocycles. The van der Waals surface area contributed by atoms with E-state index in [2.05, 4.69) is 20.9 Å². The second-order valence-corrected chi connectivity index (χ2v) is 10.7. The number of carbonyl (C=O) groups is 1. The van der Waals surface area contributed by atoms with Crippen molar-refractivity contribution in [2.75, 3.05) is 25.0 Å². The van der Waals surface area contributed by atoms with Gasteiger partial charge in [0.15, 0.2) is 0 Å². The van der Waals surface area contributed by atoms with Gasteiger partial charge in [-0.05, 0) is 69.4 Å². The van der Waals surface area contributed by atoms with E-state index in [1.165, 1.54) is 0 Å². The molecule has 3 rings (SSSR count). The van der Waals surface area contributed by atoms with Crippen molar-refractivity contribution < 1.29 is 19.4 Å². The Bertz CT molecular complexity index is 1150. The molecule has 0 saturated carbocycles. The summed E-state index contributed by atoms with van der Waals surface area (Å²) in [6.07, 6.45) is 1.77. The Morgan fingerprint density at radius 2 is 1.82 bits per heavy atom. The van der Waals surface area contributed by atoms with Crippen LogP contribution >= 0.6 is 27.3 Å². The lowest BCUT2D eigenvalue weighted by Gasteiger charge is -2.27. The number of benzene rings is 2. The molecule has 0 aliphatic carbocycles. The van der Waals surface area contributed by atoms with Gasteiger partial charge < -0.3 is 24.5 Å². The normalized spacial score (nSPS) is 11.5. The van der Waals surface area contributed by atoms with E-state index in [9.17, 15) is 14.7 Å². The summed E-state index contributed by atoms with van der Waals surface area (Å²) in [4.78, 5) is 28.9. The summed E-state index contributed by atoms with van der Waals surface area (Å²) < 4.78 is 12.0. The van der Waals surface area contributed by atoms with Crippen LogP contribution in [0, 0.1) is 0 Å². The topological polar surface area (TPSA) is 91.9 Å². The number of hydrogen-bond acceptors (Lipinski definition) is 6. The lowest BCUT2D eigenvalue weighted by molar-refractivity contribution is 0.0254. The number of amides is 1. The largest absolute Gasteiger partial charge is 0.506 e. The third-order valence-electron chi connectivity index (χ3n) is 5.08. The molecule has 2 aromatic carbocycles. The highest BCUT2D eigenvalue weighted by atomic mass is 79.9. The predicted octanol–water partition coefficient (Wildman–Crippen LogP) is 5.48. The zero-order valence-corrected chi connectivity index (χ0v) is 22.1. The zero-order chi connectivity index (χ0) is 24.7. The van der Waals surface area contributed by atoms with Crippen LogP contribution in [-0.4, -0.2) is 51.7 Å². The van der Waals surface area contributed by atoms with Crippen LogP contribution in [0.2, 0.25) is 0 Å². The number of phenols is 1. The number of ether oxygens (including phenoxy) is 2. The molecule has 2 N–H and O–H groups in total. The summed E-state index contributed by atoms with van der Waals surface area (Å²) in [5, 5.41) is 10.9. The molecule has 0 bridgehead atoms. The number of H-pyrrole nitrogens is 1. The highest BCUT2D eigenvalue weighted by molar-refractivity contribution is 9.09. The third kappa shape index (κ3) is 7.50. The highest BCUT2D eigenvalue weighted by Crippen LogP contribution is 2.28. The second kappa shape index (κ2) is 11.8. The van der Waals surface area contributed by atoms with Gasteiger partial charge in [0.1, 0.15) is 22.6 Å². The number of halogens is 1. The number of thiazole rings is 1. The van der Waals surface area contributed by atoms with E-state index in [0.717, 1.165) is 40.0 Å². The Balaban J connectivity index is 1.69. The minimum Gasteiger partial charge on any atom is -0.506 e. The van der Waals surface area contributed by atoms with E-state index >= 15 is 0 Å². The van der Waals surface area contributed by atoms with Crippen molar-refractivity contribution in [1.82, 2.24) is 9.88 Å². The van der Waals surface area contributed by atoms with E-state index in [4.69, 9.17) is 9.47 Å². The van der Waals surface area contributed by atoms with Gasteiger partial charge in [-0.2, -0.15) is 0 Å². The highest BCUT2D eigenvalue weighted by Gasteiger charge is 2.22. The van der Waals surface area contributed by atoms with Gasteiger partial charge >= 0.3 is 11.0 Å². The Morgan fingerprint density at radius 1 is 1.12 bits per heavy atom. The standard InChI is InChI=1S/C25H31BrN2O5S/c1-25(2,3)33-24(31)28(14-11-17-5-8-19(9-6-17)32-16-4-13-26)15-12-18-7-10-20(29)21-22(18)34-23(30)27-21/h5-10,29H,4,11-16H2,1-3H3,(H,27,30). The van der Waals surface area contributed by atoms with Crippen LogP contribution < -0.4 is 9.61 Å². The monoisotopic (exact) mass is 550 g/mol. The quantitative estimate of drug-likeness (QED) is 0.257. The fraction of sp³-hybridized carbons (Fsp3) is 0.440. The summed E-state index contributed by atoms with van der Waals surface area (Å²) in [6, 6.07) is 11.3. The minimum atomic E-state index is -0.602. The number of aromatic amines is 1. The number of fused-ring (bicyclic) bond motifs is 1. The summed E-state index contributed by atoms with van der Waals surface area (Å²) in [5.41, 5.74) is 1.83. The summed E-state index contributed by atoms with van der Waals surface area (Å²) in [5.74, 6) is 0.872. The second-order valence-electron chi connectivity index (χ2n) is 8.96. The first-order valence-corrected chi connectivity index (χ1v) is 13.2. The van der Waals surface area contributed by atoms with E-state index in [1.54, 1.807) is 17.0 Å². The lowest BCUT2D eigenvalue weighted by Crippen LogP contribution is -2.39. The predicted molar refractivity (Wildman–Crippen MR) is 140 cm³/mol. The molecule has 9 heteroatoms. The molecule has 0 unspecified atom stereocenters. The number of nitrogens with one attached hydrogen (secondary N) is 1. The Labute approximate surface area is 211 Å². The van der Waals surface area contributed by atoms with E-state index in [-0.39, 0.29) is 16.7 Å². The number of hydrogen-bond donors (Lipinski definition) is 2. The molecule has 0 radical (unpaired) electrons. The maximum atomic E-state index is 12.9. The smallest absolute Gasteiger partial charge is 0.410 e. The molecule has 1 amide bonds. The van der Waals surface area contributed by atoms with Crippen LogP contribution in [0.3, 0.4) is 0 Å². The SMILES string of the molecule is CC(C)(C)OC(=O)N(CCc1ccc(OCCCBr)cc1)CCc1ccc(O)c2[nH]c(=O)sc12. The Morgan fingerprint density at radius 3 is 2.50 bits per heavy atom. The van der Waals surface area contributed by atoms with Gasteiger partial charge in [0.25, 0.3) is 0 Å². The number of aromatic nitrogens is 1. The third-order valence-corrected chi connectivity index (χ3v) is 6.60. The molecule has 34 heavy (non-hydrogen) atoms. The van der Waals surface area contributed by atoms with Crippen molar-refractivity contribution in [2.24, 2.45) is 0 Å². The Kier molecular flexibility index (Phi) is 9.02. The molecule has 0 saturated heterocycles. The molecule has 0 aliphatic heterocycles. The lowest BCUT2D eigenvalue weighted by atomic mass is 10.1. The van der Waals surface area contributed by atoms with Gasteiger partial charge in [-0.15, -0.1) is 0 Å². The van der Waals surface area contributed by atoms with Crippen molar-refractivity contribution >= 4 is 43.6 Å². The van der Waals surface area contributed by atoms with Gasteiger partial charge in [0.2, 0.25) is 0 Å². The van der Waals surface area contributed by atoms with Crippen molar-refractivity contribution in [3.8, 4) is 11.5 Å². The van der Waals surface area contributed by atoms with Gasteiger partial charge in [-0.3, -0.25) is 4.79 Å². The average molecular weight is 552 g/mol. The van der Waals surface area contributed by atoms with Gasteiger partial charge in [-0.1, -0.05) is 45.5 Å². The van der Waals surface area contributed by atoms with Gasteiger partial charge in [-0.25, -0.2) is 4.79 Å². The van der Waals surface area contributed by atoms with Gasteiger partial charge in [0.05, 0.1) is 11.3 Å². The Hall–Kier alpha value is -2.52. The van der Waals surface area contributed by atoms with Crippen LogP contribution in [0.25, 0.3) is 10.2 Å². The maximum absolute atomic E-state index is 12.9. The van der Waals surface area contributed by atoms with Crippen molar-refractivity contribution in [3.05, 3.63) is 57.2 Å². The maximum Gasteiger partial charge on any atom is 0.410 e. The van der Waals surface area contributed by atoms with Crippen LogP contribution in [0.5, 0.6) is 11.5 Å². The summed E-state index contributed by atoms with van der Waals surface area (Å²) in [6.45, 7) is 7.11. The first-order chi connectivity index (χ1) is 16.2. The number of nitrogens with zero attached hydrogens (tertiary/aromatic N) is 1. The summed E-state index contributed by atoms with van der Waals surface area (Å²) >= 11 is 4.45. The first-order valence-electron chi connectivity index (χ1n) is 11.3. The molecular formula is C25H31BrN2O5S. The first kappa shape index (κ1) is 26.1. The molecular weight excluding hydrogens is 520 g/mol. The van der Waals surface area contributed by atoms with Crippen molar-refractivity contribution in [3.63, 3.8) is 0 Å². The molecule has 184 valence electrons. The number of phenolic OH excluding ortho intramolecular Hbond substituents is 1. The van der Waals surface area contributed by atoms with E-state index in [1.807, 2.05) is 45.0 Å². The van der Waals surface area contributed by atoms with E-state index < -0.39 is 5.60 Å². The van der Waals surface area contributed by atoms with Crippen LogP contribution in [0.4, 0.5) is 4.79 Å². The molecule has 0 atom stereocenters. The summed E-state index contributed by atoms with van der Waals surface area (Å²) in [7, 11) is 0. The van der Waals surface area contributed by atoms with Crippen LogP contribution in [-0.2, 0) is 17.6 Å². The minimum absolute atomic E-state index is 0.0423. The number of rotatable bonds is 10. The van der Waals surface area contributed by atoms with Crippen molar-refractivity contribution in [2.45, 2.75) is 45.6 Å². The fourth-order valence-electron chi connectivity index (χ4n) is 3.41. The number of aromatic hydroxyl groups is 1. The average Bonchev–Trinajstić information content (AvgIpc) is 3.17. The number of carbonyl (C=O) groups excluding carboxylic acids is 1. The molecule has 0 aliphatic rings. The molecule has 0 spiro atoms. The number of alkyl halides is 1. The zero-order valence-electron chi connectivity index (χ0n) is 19.7. The van der Waals surface area contributed by atoms with E-state index in [0.29, 0.717) is 42.8 Å². The van der Waals surface area contributed by atoms with Crippen molar-refractivity contribution in [1.29, 1.82) is 0 Å². The van der Waals surface area contributed by atoms with Crippen LogP contribution in [0.15, 0.2) is 41.2 Å². The fourth-order valence-corrected chi connectivity index (χ4v) is 4.53. The molecule has 1 aromatic heterocycles. The molecule has 3 aromatic rings.